The summed E-state index contributed by atoms with van der Waals surface area (Å²) in [5, 5.41) is 12.5. The minimum Gasteiger partial charge on any atom is -0.508 e. The van der Waals surface area contributed by atoms with E-state index in [0.717, 1.165) is 69.9 Å². The first-order chi connectivity index (χ1) is 24.1. The van der Waals surface area contributed by atoms with Crippen LogP contribution in [0.3, 0.4) is 0 Å². The number of anilines is 2. The van der Waals surface area contributed by atoms with E-state index in [1.165, 1.54) is 35.2 Å². The highest BCUT2D eigenvalue weighted by Crippen LogP contribution is 2.49. The number of hydrogen-bond acceptors (Lipinski definition) is 7. The Bertz CT molecular complexity index is 1790. The number of rotatable bonds is 6. The molecule has 8 rings (SSSR count). The lowest BCUT2D eigenvalue weighted by atomic mass is 9.63. The molecule has 3 saturated heterocycles. The molecule has 9 heteroatoms. The summed E-state index contributed by atoms with van der Waals surface area (Å²) in [7, 11) is 0. The van der Waals surface area contributed by atoms with Gasteiger partial charge >= 0.3 is 0 Å². The fraction of sp³-hybridized carbons (Fsp3) is 0.488. The number of piperidine rings is 2. The molecule has 9 nitrogen and oxygen atoms in total. The minimum atomic E-state index is -0.581. The van der Waals surface area contributed by atoms with Crippen LogP contribution in [0.15, 0.2) is 60.7 Å². The number of benzene rings is 3. The van der Waals surface area contributed by atoms with E-state index in [-0.39, 0.29) is 29.6 Å². The monoisotopic (exact) mass is 675 g/mol. The molecule has 262 valence electrons. The highest BCUT2D eigenvalue weighted by atomic mass is 16.3. The van der Waals surface area contributed by atoms with Crippen molar-refractivity contribution in [2.45, 2.75) is 70.9 Å². The second kappa shape index (κ2) is 13.1. The summed E-state index contributed by atoms with van der Waals surface area (Å²) in [6.45, 7) is 12.5. The Kier molecular flexibility index (Phi) is 8.58. The quantitative estimate of drug-likeness (QED) is 0.343. The van der Waals surface area contributed by atoms with Gasteiger partial charge in [0.2, 0.25) is 11.8 Å². The van der Waals surface area contributed by atoms with Crippen molar-refractivity contribution in [1.29, 1.82) is 0 Å². The summed E-state index contributed by atoms with van der Waals surface area (Å²) in [5.74, 6) is 0.643. The molecule has 0 spiro atoms. The van der Waals surface area contributed by atoms with Gasteiger partial charge in [0.05, 0.1) is 0 Å². The number of aromatic hydroxyl groups is 1. The summed E-state index contributed by atoms with van der Waals surface area (Å²) < 4.78 is 0. The zero-order chi connectivity index (χ0) is 34.6. The second-order valence-corrected chi connectivity index (χ2v) is 15.9. The Morgan fingerprint density at radius 1 is 0.780 bits per heavy atom. The fourth-order valence-corrected chi connectivity index (χ4v) is 9.31. The number of carbonyl (C=O) groups excluding carboxylic acids is 3. The first kappa shape index (κ1) is 32.8. The third kappa shape index (κ3) is 6.25. The van der Waals surface area contributed by atoms with Gasteiger partial charge in [0.25, 0.3) is 5.91 Å². The van der Waals surface area contributed by atoms with E-state index >= 15 is 0 Å². The molecule has 2 N–H and O–H groups in total. The van der Waals surface area contributed by atoms with Crippen molar-refractivity contribution in [2.24, 2.45) is 11.3 Å². The van der Waals surface area contributed by atoms with Crippen molar-refractivity contribution in [2.75, 3.05) is 55.6 Å². The summed E-state index contributed by atoms with van der Waals surface area (Å²) in [4.78, 5) is 46.4. The zero-order valence-corrected chi connectivity index (χ0v) is 29.4. The Balaban J connectivity index is 0.823. The molecule has 4 heterocycles. The van der Waals surface area contributed by atoms with Crippen LogP contribution in [0.25, 0.3) is 0 Å². The van der Waals surface area contributed by atoms with Crippen molar-refractivity contribution < 1.29 is 19.5 Å². The molecule has 2 atom stereocenters. The molecule has 0 saturated carbocycles. The average Bonchev–Trinajstić information content (AvgIpc) is 3.44. The Labute approximate surface area is 295 Å². The van der Waals surface area contributed by atoms with Gasteiger partial charge in [-0.3, -0.25) is 24.6 Å². The lowest BCUT2D eigenvalue weighted by Gasteiger charge is -2.41. The van der Waals surface area contributed by atoms with Gasteiger partial charge in [0, 0.05) is 81.6 Å². The largest absolute Gasteiger partial charge is 0.508 e. The number of phenolic OH excluding ortho intramolecular Hbond substituents is 1. The molecule has 4 aliphatic heterocycles. The number of hydrogen-bond donors (Lipinski definition) is 2. The third-order valence-corrected chi connectivity index (χ3v) is 12.2. The fourth-order valence-electron chi connectivity index (χ4n) is 9.31. The number of imide groups is 1. The number of amides is 3. The normalized spacial score (nSPS) is 24.3. The third-order valence-electron chi connectivity index (χ3n) is 12.2. The maximum absolute atomic E-state index is 13.1. The van der Waals surface area contributed by atoms with Gasteiger partial charge in [-0.15, -0.1) is 0 Å². The number of phenols is 1. The van der Waals surface area contributed by atoms with Crippen LogP contribution in [0.4, 0.5) is 11.4 Å². The van der Waals surface area contributed by atoms with Crippen LogP contribution in [-0.2, 0) is 22.6 Å². The number of nitrogens with one attached hydrogen (secondary N) is 1. The molecular weight excluding hydrogens is 626 g/mol. The van der Waals surface area contributed by atoms with Crippen molar-refractivity contribution in [3.05, 3.63) is 88.5 Å². The highest BCUT2D eigenvalue weighted by molar-refractivity contribution is 6.05. The van der Waals surface area contributed by atoms with Crippen LogP contribution in [-0.4, -0.2) is 84.5 Å². The van der Waals surface area contributed by atoms with Gasteiger partial charge in [-0.1, -0.05) is 32.0 Å². The summed E-state index contributed by atoms with van der Waals surface area (Å²) in [6, 6.07) is 20.7. The van der Waals surface area contributed by atoms with Gasteiger partial charge in [0.1, 0.15) is 11.8 Å². The second-order valence-electron chi connectivity index (χ2n) is 15.9. The van der Waals surface area contributed by atoms with E-state index in [2.05, 4.69) is 70.3 Å². The maximum atomic E-state index is 13.1. The smallest absolute Gasteiger partial charge is 0.255 e. The maximum Gasteiger partial charge on any atom is 0.255 e. The molecule has 0 aromatic heterocycles. The van der Waals surface area contributed by atoms with Crippen LogP contribution in [0, 0.1) is 11.3 Å². The number of nitrogens with zero attached hydrogens (tertiary/aromatic N) is 4. The number of carbonyl (C=O) groups is 3. The van der Waals surface area contributed by atoms with Gasteiger partial charge in [-0.25, -0.2) is 0 Å². The topological polar surface area (TPSA) is 96.4 Å². The average molecular weight is 676 g/mol. The number of fused-ring (bicyclic) bond motifs is 2. The number of piperazine rings is 1. The van der Waals surface area contributed by atoms with Crippen molar-refractivity contribution in [3.63, 3.8) is 0 Å². The molecule has 3 aromatic carbocycles. The van der Waals surface area contributed by atoms with Crippen LogP contribution in [0.2, 0.25) is 0 Å². The van der Waals surface area contributed by atoms with Gasteiger partial charge in [-0.05, 0) is 108 Å². The summed E-state index contributed by atoms with van der Waals surface area (Å²) in [5.41, 5.74) is 8.25. The predicted molar refractivity (Wildman–Crippen MR) is 195 cm³/mol. The molecule has 0 radical (unpaired) electrons. The van der Waals surface area contributed by atoms with E-state index in [1.807, 2.05) is 24.3 Å². The van der Waals surface area contributed by atoms with Gasteiger partial charge in [-0.2, -0.15) is 0 Å². The van der Waals surface area contributed by atoms with Gasteiger partial charge < -0.3 is 19.8 Å². The minimum absolute atomic E-state index is 0.119. The van der Waals surface area contributed by atoms with Gasteiger partial charge in [0.15, 0.2) is 0 Å². The predicted octanol–water partition coefficient (Wildman–Crippen LogP) is 5.30. The Morgan fingerprint density at radius 3 is 2.24 bits per heavy atom. The van der Waals surface area contributed by atoms with E-state index in [1.54, 1.807) is 4.90 Å². The highest BCUT2D eigenvalue weighted by Gasteiger charge is 2.40. The molecule has 3 fully saturated rings. The van der Waals surface area contributed by atoms with E-state index < -0.39 is 6.04 Å². The first-order valence-corrected chi connectivity index (χ1v) is 18.5. The summed E-state index contributed by atoms with van der Waals surface area (Å²) >= 11 is 0. The molecule has 3 aromatic rings. The molecule has 1 aliphatic carbocycles. The molecule has 3 amide bonds. The standard InChI is InChI=1S/C41H49N5O4/c1-41(2)16-13-29-24-33(47)8-10-34(29)38(41)28-3-5-31(6-4-28)44-17-14-27(15-18-44)25-43-19-21-45(22-20-43)32-7-9-35-30(23-32)26-46(40(35)50)36-11-12-37(48)42-39(36)49/h3-10,23-24,27,36,38,47H,11-22,25-26H2,1-2H3,(H,42,48,49)/t36-,38-/m1/s1. The van der Waals surface area contributed by atoms with Crippen molar-refractivity contribution in [1.82, 2.24) is 15.1 Å². The first-order valence-electron chi connectivity index (χ1n) is 18.5. The lowest BCUT2D eigenvalue weighted by Crippen LogP contribution is -2.52. The summed E-state index contributed by atoms with van der Waals surface area (Å²) in [6.07, 6.45) is 5.19. The molecule has 5 aliphatic rings. The van der Waals surface area contributed by atoms with Crippen molar-refractivity contribution >= 4 is 29.1 Å². The number of aryl methyl sites for hydroxylation is 1. The Morgan fingerprint density at radius 2 is 1.50 bits per heavy atom. The molecule has 0 unspecified atom stereocenters. The SMILES string of the molecule is CC1(C)CCc2cc(O)ccc2[C@H]1c1ccc(N2CCC(CN3CCN(c4ccc5c(c4)CN([C@@H]4CCC(=O)NC4=O)C5=O)CC3)CC2)cc1. The van der Waals surface area contributed by atoms with Crippen LogP contribution >= 0.6 is 0 Å². The zero-order valence-electron chi connectivity index (χ0n) is 29.4. The Hall–Kier alpha value is -4.37. The van der Waals surface area contributed by atoms with Crippen LogP contribution < -0.4 is 15.1 Å². The van der Waals surface area contributed by atoms with E-state index in [0.29, 0.717) is 36.1 Å². The van der Waals surface area contributed by atoms with E-state index in [9.17, 15) is 19.5 Å². The lowest BCUT2D eigenvalue weighted by molar-refractivity contribution is -0.136. The molecule has 0 bridgehead atoms. The van der Waals surface area contributed by atoms with Crippen molar-refractivity contribution in [3.8, 4) is 5.75 Å². The van der Waals surface area contributed by atoms with E-state index in [4.69, 9.17) is 0 Å². The molecular formula is C41H49N5O4. The van der Waals surface area contributed by atoms with Crippen LogP contribution in [0.1, 0.15) is 84.5 Å². The van der Waals surface area contributed by atoms with Crippen LogP contribution in [0.5, 0.6) is 5.75 Å². The molecule has 50 heavy (non-hydrogen) atoms.